The quantitative estimate of drug-likeness (QED) is 0.883. The summed E-state index contributed by atoms with van der Waals surface area (Å²) in [7, 11) is 0. The summed E-state index contributed by atoms with van der Waals surface area (Å²) in [5, 5.41) is 15.3. The lowest BCUT2D eigenvalue weighted by molar-refractivity contribution is -0.141. The van der Waals surface area contributed by atoms with E-state index in [0.29, 0.717) is 11.4 Å². The first kappa shape index (κ1) is 17.2. The molecule has 0 aromatic heterocycles. The van der Waals surface area contributed by atoms with E-state index in [1.165, 1.54) is 5.01 Å². The van der Waals surface area contributed by atoms with Gasteiger partial charge in [0.25, 0.3) is 0 Å². The highest BCUT2D eigenvalue weighted by molar-refractivity contribution is 6.31. The number of aliphatic carboxylic acids is 1. The van der Waals surface area contributed by atoms with Crippen molar-refractivity contribution < 1.29 is 14.7 Å². The number of nitrogens with zero attached hydrogens (tertiary/aromatic N) is 2. The van der Waals surface area contributed by atoms with Crippen LogP contribution in [0.2, 0.25) is 5.02 Å². The summed E-state index contributed by atoms with van der Waals surface area (Å²) in [6.07, 6.45) is 0.217. The molecule has 0 saturated carbocycles. The van der Waals surface area contributed by atoms with Gasteiger partial charge in [-0.3, -0.25) is 9.59 Å². The summed E-state index contributed by atoms with van der Waals surface area (Å²) >= 11 is 6.31. The van der Waals surface area contributed by atoms with Crippen LogP contribution in [0.15, 0.2) is 59.7 Å². The minimum absolute atomic E-state index is 0.0954. The maximum atomic E-state index is 12.5. The Balaban J connectivity index is 1.92. The van der Waals surface area contributed by atoms with Gasteiger partial charge in [-0.1, -0.05) is 60.1 Å². The zero-order valence-electron chi connectivity index (χ0n) is 13.4. The van der Waals surface area contributed by atoms with E-state index in [1.807, 2.05) is 48.5 Å². The number of halogens is 1. The maximum Gasteiger partial charge on any atom is 0.303 e. The number of carboxylic acid groups (broad SMARTS) is 1. The molecule has 1 aliphatic rings. The van der Waals surface area contributed by atoms with Gasteiger partial charge in [-0.15, -0.1) is 0 Å². The van der Waals surface area contributed by atoms with Gasteiger partial charge < -0.3 is 5.11 Å². The summed E-state index contributed by atoms with van der Waals surface area (Å²) in [6.45, 7) is 0. The van der Waals surface area contributed by atoms with Crippen LogP contribution < -0.4 is 0 Å². The Kier molecular flexibility index (Phi) is 5.14. The van der Waals surface area contributed by atoms with Gasteiger partial charge in [0.1, 0.15) is 0 Å². The molecule has 0 saturated heterocycles. The minimum Gasteiger partial charge on any atom is -0.481 e. The second-order valence-corrected chi connectivity index (χ2v) is 6.19. The number of hydrogen-bond donors (Lipinski definition) is 1. The fourth-order valence-electron chi connectivity index (χ4n) is 2.86. The molecular weight excluding hydrogens is 340 g/mol. The molecule has 0 spiro atoms. The van der Waals surface area contributed by atoms with Crippen molar-refractivity contribution >= 4 is 29.2 Å². The van der Waals surface area contributed by atoms with Gasteiger partial charge in [0.05, 0.1) is 18.2 Å². The van der Waals surface area contributed by atoms with Crippen LogP contribution in [0.25, 0.3) is 0 Å². The highest BCUT2D eigenvalue weighted by Crippen LogP contribution is 2.36. The van der Waals surface area contributed by atoms with Crippen molar-refractivity contribution in [1.29, 1.82) is 0 Å². The lowest BCUT2D eigenvalue weighted by Gasteiger charge is -2.22. The number of benzene rings is 2. The molecule has 2 aromatic rings. The Morgan fingerprint density at radius 3 is 2.44 bits per heavy atom. The Morgan fingerprint density at radius 2 is 1.76 bits per heavy atom. The van der Waals surface area contributed by atoms with Crippen molar-refractivity contribution in [2.24, 2.45) is 5.10 Å². The maximum absolute atomic E-state index is 12.5. The van der Waals surface area contributed by atoms with Crippen LogP contribution >= 0.6 is 11.6 Å². The molecule has 0 radical (unpaired) electrons. The van der Waals surface area contributed by atoms with E-state index in [2.05, 4.69) is 5.10 Å². The molecule has 1 atom stereocenters. The normalized spacial score (nSPS) is 16.6. The summed E-state index contributed by atoms with van der Waals surface area (Å²) in [4.78, 5) is 23.3. The number of hydrazone groups is 1. The number of carbonyl (C=O) groups is 2. The lowest BCUT2D eigenvalue weighted by atomic mass is 9.98. The first-order valence-electron chi connectivity index (χ1n) is 7.97. The van der Waals surface area contributed by atoms with E-state index in [0.717, 1.165) is 16.8 Å². The molecule has 0 fully saturated rings. The number of carbonyl (C=O) groups excluding carboxylic acids is 1. The van der Waals surface area contributed by atoms with Crippen LogP contribution in [0.4, 0.5) is 0 Å². The SMILES string of the molecule is O=C(O)CCC(=O)N1N=C(c2ccccc2)CC1c1ccccc1Cl. The molecule has 3 rings (SSSR count). The second kappa shape index (κ2) is 7.49. The number of hydrogen-bond acceptors (Lipinski definition) is 3. The predicted octanol–water partition coefficient (Wildman–Crippen LogP) is 3.88. The fourth-order valence-corrected chi connectivity index (χ4v) is 3.12. The van der Waals surface area contributed by atoms with E-state index in [4.69, 9.17) is 16.7 Å². The van der Waals surface area contributed by atoms with Crippen molar-refractivity contribution in [2.45, 2.75) is 25.3 Å². The molecule has 5 nitrogen and oxygen atoms in total. The van der Waals surface area contributed by atoms with E-state index >= 15 is 0 Å². The standard InChI is InChI=1S/C19H17ClN2O3/c20-15-9-5-4-8-14(15)17-12-16(13-6-2-1-3-7-13)21-22(17)18(23)10-11-19(24)25/h1-9,17H,10-12H2,(H,24,25). The van der Waals surface area contributed by atoms with E-state index in [-0.39, 0.29) is 24.8 Å². The van der Waals surface area contributed by atoms with Crippen LogP contribution in [-0.4, -0.2) is 27.7 Å². The Bertz CT molecular complexity index is 820. The van der Waals surface area contributed by atoms with E-state index in [9.17, 15) is 9.59 Å². The predicted molar refractivity (Wildman–Crippen MR) is 95.5 cm³/mol. The van der Waals surface area contributed by atoms with Crippen LogP contribution in [0.5, 0.6) is 0 Å². The minimum atomic E-state index is -1.01. The monoisotopic (exact) mass is 356 g/mol. The van der Waals surface area contributed by atoms with Gasteiger partial charge in [-0.25, -0.2) is 5.01 Å². The third kappa shape index (κ3) is 3.88. The van der Waals surface area contributed by atoms with Crippen LogP contribution in [-0.2, 0) is 9.59 Å². The van der Waals surface area contributed by atoms with Crippen molar-refractivity contribution in [3.8, 4) is 0 Å². The Labute approximate surface area is 150 Å². The summed E-state index contributed by atoms with van der Waals surface area (Å²) in [5.74, 6) is -1.33. The molecule has 6 heteroatoms. The lowest BCUT2D eigenvalue weighted by Crippen LogP contribution is -2.27. The second-order valence-electron chi connectivity index (χ2n) is 5.79. The molecule has 1 aliphatic heterocycles. The van der Waals surface area contributed by atoms with Crippen molar-refractivity contribution in [3.05, 3.63) is 70.7 Å². The molecule has 1 N–H and O–H groups in total. The first-order valence-corrected chi connectivity index (χ1v) is 8.35. The third-order valence-electron chi connectivity index (χ3n) is 4.09. The van der Waals surface area contributed by atoms with Gasteiger partial charge in [-0.2, -0.15) is 5.10 Å². The average Bonchev–Trinajstić information content (AvgIpc) is 3.06. The van der Waals surface area contributed by atoms with Crippen molar-refractivity contribution in [1.82, 2.24) is 5.01 Å². The number of rotatable bonds is 5. The molecule has 25 heavy (non-hydrogen) atoms. The number of amides is 1. The zero-order chi connectivity index (χ0) is 17.8. The highest BCUT2D eigenvalue weighted by atomic mass is 35.5. The van der Waals surface area contributed by atoms with Gasteiger partial charge in [0.2, 0.25) is 5.91 Å². The Hall–Kier alpha value is -2.66. The molecular formula is C19H17ClN2O3. The first-order chi connectivity index (χ1) is 12.1. The van der Waals surface area contributed by atoms with Crippen molar-refractivity contribution in [2.75, 3.05) is 0 Å². The van der Waals surface area contributed by atoms with E-state index < -0.39 is 5.97 Å². The van der Waals surface area contributed by atoms with Gasteiger partial charge >= 0.3 is 5.97 Å². The molecule has 0 bridgehead atoms. The van der Waals surface area contributed by atoms with Crippen LogP contribution in [0, 0.1) is 0 Å². The van der Waals surface area contributed by atoms with Gasteiger partial charge in [0, 0.05) is 17.9 Å². The molecule has 1 heterocycles. The van der Waals surface area contributed by atoms with Crippen LogP contribution in [0.3, 0.4) is 0 Å². The van der Waals surface area contributed by atoms with Crippen molar-refractivity contribution in [3.63, 3.8) is 0 Å². The van der Waals surface area contributed by atoms with Crippen LogP contribution in [0.1, 0.15) is 36.4 Å². The molecule has 128 valence electrons. The fraction of sp³-hybridized carbons (Fsp3) is 0.211. The summed E-state index contributed by atoms with van der Waals surface area (Å²) in [6, 6.07) is 16.6. The molecule has 1 unspecified atom stereocenters. The molecule has 1 amide bonds. The summed E-state index contributed by atoms with van der Waals surface area (Å²) < 4.78 is 0. The smallest absolute Gasteiger partial charge is 0.303 e. The molecule has 0 aliphatic carbocycles. The largest absolute Gasteiger partial charge is 0.481 e. The molecule has 2 aromatic carbocycles. The van der Waals surface area contributed by atoms with Gasteiger partial charge in [-0.05, 0) is 17.2 Å². The zero-order valence-corrected chi connectivity index (χ0v) is 14.2. The number of carboxylic acids is 1. The van der Waals surface area contributed by atoms with E-state index in [1.54, 1.807) is 6.07 Å². The third-order valence-corrected chi connectivity index (χ3v) is 4.43. The summed E-state index contributed by atoms with van der Waals surface area (Å²) in [5.41, 5.74) is 2.53. The van der Waals surface area contributed by atoms with Gasteiger partial charge in [0.15, 0.2) is 0 Å². The average molecular weight is 357 g/mol. The topological polar surface area (TPSA) is 70.0 Å². The Morgan fingerprint density at radius 1 is 1.08 bits per heavy atom. The highest BCUT2D eigenvalue weighted by Gasteiger charge is 2.34.